The number of nitrogens with zero attached hydrogens (tertiary/aromatic N) is 1. The Hall–Kier alpha value is -1.33. The molecule has 0 atom stereocenters. The zero-order valence-corrected chi connectivity index (χ0v) is 10.5. The summed E-state index contributed by atoms with van der Waals surface area (Å²) in [6, 6.07) is 10.1. The highest BCUT2D eigenvalue weighted by atomic mass is 14.9. The van der Waals surface area contributed by atoms with Crippen LogP contribution in [0.4, 0.5) is 0 Å². The largest absolute Gasteiger partial charge is 0.312 e. The summed E-state index contributed by atoms with van der Waals surface area (Å²) in [7, 11) is 0. The first-order chi connectivity index (χ1) is 8.29. The molecule has 1 saturated carbocycles. The van der Waals surface area contributed by atoms with Crippen LogP contribution in [0.5, 0.6) is 0 Å². The molecule has 0 aromatic heterocycles. The van der Waals surface area contributed by atoms with Gasteiger partial charge in [0.25, 0.3) is 0 Å². The average molecular weight is 228 g/mol. The zero-order chi connectivity index (χ0) is 12.1. The summed E-state index contributed by atoms with van der Waals surface area (Å²) in [5.41, 5.74) is 2.45. The number of rotatable bonds is 5. The average Bonchev–Trinajstić information content (AvgIpc) is 2.33. The Balaban J connectivity index is 1.88. The van der Waals surface area contributed by atoms with Crippen LogP contribution in [0.1, 0.15) is 43.7 Å². The molecule has 90 valence electrons. The van der Waals surface area contributed by atoms with E-state index in [2.05, 4.69) is 18.3 Å². The van der Waals surface area contributed by atoms with Gasteiger partial charge in [-0.25, -0.2) is 0 Å². The molecule has 1 aromatic carbocycles. The summed E-state index contributed by atoms with van der Waals surface area (Å²) >= 11 is 0. The molecule has 1 aliphatic carbocycles. The lowest BCUT2D eigenvalue weighted by atomic mass is 9.67. The molecule has 1 aliphatic rings. The van der Waals surface area contributed by atoms with Crippen molar-refractivity contribution in [2.45, 2.75) is 39.2 Å². The van der Waals surface area contributed by atoms with Crippen LogP contribution in [0, 0.1) is 16.7 Å². The summed E-state index contributed by atoms with van der Waals surface area (Å²) in [6.45, 7) is 4.18. The normalized spacial score (nSPS) is 17.2. The molecule has 1 aromatic rings. The van der Waals surface area contributed by atoms with Gasteiger partial charge in [0.1, 0.15) is 0 Å². The molecule has 0 aliphatic heterocycles. The fourth-order valence-electron chi connectivity index (χ4n) is 2.58. The van der Waals surface area contributed by atoms with E-state index in [-0.39, 0.29) is 0 Å². The lowest BCUT2D eigenvalue weighted by Crippen LogP contribution is -2.39. The van der Waals surface area contributed by atoms with E-state index in [0.29, 0.717) is 5.41 Å². The quantitative estimate of drug-likeness (QED) is 0.840. The van der Waals surface area contributed by atoms with E-state index in [9.17, 15) is 0 Å². The second kappa shape index (κ2) is 5.33. The van der Waals surface area contributed by atoms with Crippen LogP contribution in [0.15, 0.2) is 24.3 Å². The Bertz CT molecular complexity index is 408. The third kappa shape index (κ3) is 2.68. The minimum atomic E-state index is 0.543. The molecule has 0 unspecified atom stereocenters. The Kier molecular flexibility index (Phi) is 3.81. The SMILES string of the molecule is CCC1(CNCc2ccccc2C#N)CCC1. The minimum absolute atomic E-state index is 0.543. The van der Waals surface area contributed by atoms with Crippen LogP contribution in [0.2, 0.25) is 0 Å². The highest BCUT2D eigenvalue weighted by Gasteiger charge is 2.34. The van der Waals surface area contributed by atoms with Crippen LogP contribution >= 0.6 is 0 Å². The van der Waals surface area contributed by atoms with Gasteiger partial charge >= 0.3 is 0 Å². The van der Waals surface area contributed by atoms with Crippen molar-refractivity contribution in [3.8, 4) is 6.07 Å². The molecule has 0 radical (unpaired) electrons. The molecule has 0 amide bonds. The Morgan fingerprint density at radius 3 is 2.71 bits per heavy atom. The Labute approximate surface area is 104 Å². The summed E-state index contributed by atoms with van der Waals surface area (Å²) in [4.78, 5) is 0. The van der Waals surface area contributed by atoms with E-state index in [0.717, 1.165) is 24.2 Å². The molecular formula is C15H20N2. The lowest BCUT2D eigenvalue weighted by molar-refractivity contribution is 0.124. The smallest absolute Gasteiger partial charge is 0.0995 e. The Morgan fingerprint density at radius 1 is 1.35 bits per heavy atom. The molecule has 0 heterocycles. The fourth-order valence-corrected chi connectivity index (χ4v) is 2.58. The molecule has 0 spiro atoms. The minimum Gasteiger partial charge on any atom is -0.312 e. The van der Waals surface area contributed by atoms with E-state index in [1.54, 1.807) is 0 Å². The van der Waals surface area contributed by atoms with Crippen molar-refractivity contribution < 1.29 is 0 Å². The first kappa shape index (κ1) is 12.1. The lowest BCUT2D eigenvalue weighted by Gasteiger charge is -2.41. The molecule has 17 heavy (non-hydrogen) atoms. The maximum atomic E-state index is 9.00. The number of hydrogen-bond donors (Lipinski definition) is 1. The van der Waals surface area contributed by atoms with Crippen molar-refractivity contribution >= 4 is 0 Å². The molecule has 0 bridgehead atoms. The van der Waals surface area contributed by atoms with E-state index in [4.69, 9.17) is 5.26 Å². The van der Waals surface area contributed by atoms with E-state index in [1.807, 2.05) is 24.3 Å². The van der Waals surface area contributed by atoms with E-state index in [1.165, 1.54) is 25.7 Å². The van der Waals surface area contributed by atoms with Crippen LogP contribution in [-0.2, 0) is 6.54 Å². The van der Waals surface area contributed by atoms with Crippen molar-refractivity contribution in [2.24, 2.45) is 5.41 Å². The predicted octanol–water partition coefficient (Wildman–Crippen LogP) is 3.23. The van der Waals surface area contributed by atoms with Gasteiger partial charge in [-0.3, -0.25) is 0 Å². The van der Waals surface area contributed by atoms with Gasteiger partial charge < -0.3 is 5.32 Å². The molecular weight excluding hydrogens is 208 g/mol. The molecule has 1 N–H and O–H groups in total. The van der Waals surface area contributed by atoms with Gasteiger partial charge in [-0.15, -0.1) is 0 Å². The fraction of sp³-hybridized carbons (Fsp3) is 0.533. The maximum Gasteiger partial charge on any atom is 0.0995 e. The van der Waals surface area contributed by atoms with Crippen molar-refractivity contribution in [3.63, 3.8) is 0 Å². The second-order valence-corrected chi connectivity index (χ2v) is 5.08. The van der Waals surface area contributed by atoms with E-state index < -0.39 is 0 Å². The van der Waals surface area contributed by atoms with Crippen LogP contribution in [0.25, 0.3) is 0 Å². The maximum absolute atomic E-state index is 9.00. The summed E-state index contributed by atoms with van der Waals surface area (Å²) in [6.07, 6.45) is 5.36. The number of hydrogen-bond acceptors (Lipinski definition) is 2. The van der Waals surface area contributed by atoms with Gasteiger partial charge in [0.2, 0.25) is 0 Å². The predicted molar refractivity (Wildman–Crippen MR) is 69.4 cm³/mol. The summed E-state index contributed by atoms with van der Waals surface area (Å²) in [5.74, 6) is 0. The van der Waals surface area contributed by atoms with E-state index >= 15 is 0 Å². The van der Waals surface area contributed by atoms with Crippen molar-refractivity contribution in [1.29, 1.82) is 5.26 Å². The topological polar surface area (TPSA) is 35.8 Å². The monoisotopic (exact) mass is 228 g/mol. The van der Waals surface area contributed by atoms with Crippen molar-refractivity contribution in [2.75, 3.05) is 6.54 Å². The zero-order valence-electron chi connectivity index (χ0n) is 10.5. The van der Waals surface area contributed by atoms with Gasteiger partial charge in [0.15, 0.2) is 0 Å². The molecule has 2 heteroatoms. The third-order valence-corrected chi connectivity index (χ3v) is 4.12. The van der Waals surface area contributed by atoms with Gasteiger partial charge in [-0.1, -0.05) is 31.5 Å². The number of benzene rings is 1. The second-order valence-electron chi connectivity index (χ2n) is 5.08. The molecule has 0 saturated heterocycles. The van der Waals surface area contributed by atoms with Crippen molar-refractivity contribution in [3.05, 3.63) is 35.4 Å². The first-order valence-electron chi connectivity index (χ1n) is 6.48. The highest BCUT2D eigenvalue weighted by Crippen LogP contribution is 2.43. The standard InChI is InChI=1S/C15H20N2/c1-2-15(8-5-9-15)12-17-11-14-7-4-3-6-13(14)10-16/h3-4,6-7,17H,2,5,8-9,11-12H2,1H3. The van der Waals surface area contributed by atoms with Gasteiger partial charge in [-0.05, 0) is 36.3 Å². The Morgan fingerprint density at radius 2 is 2.12 bits per heavy atom. The summed E-state index contributed by atoms with van der Waals surface area (Å²) in [5, 5.41) is 12.5. The van der Waals surface area contributed by atoms with Crippen LogP contribution < -0.4 is 5.32 Å². The van der Waals surface area contributed by atoms with Gasteiger partial charge in [0, 0.05) is 13.1 Å². The van der Waals surface area contributed by atoms with Crippen molar-refractivity contribution in [1.82, 2.24) is 5.32 Å². The number of nitrogens with one attached hydrogen (secondary N) is 1. The van der Waals surface area contributed by atoms with Gasteiger partial charge in [-0.2, -0.15) is 5.26 Å². The third-order valence-electron chi connectivity index (χ3n) is 4.12. The molecule has 2 rings (SSSR count). The number of nitriles is 1. The molecule has 2 nitrogen and oxygen atoms in total. The highest BCUT2D eigenvalue weighted by molar-refractivity contribution is 5.37. The van der Waals surface area contributed by atoms with Gasteiger partial charge in [0.05, 0.1) is 11.6 Å². The summed E-state index contributed by atoms with van der Waals surface area (Å²) < 4.78 is 0. The first-order valence-corrected chi connectivity index (χ1v) is 6.48. The molecule has 1 fully saturated rings. The van der Waals surface area contributed by atoms with Crippen LogP contribution in [-0.4, -0.2) is 6.54 Å². The van der Waals surface area contributed by atoms with Crippen LogP contribution in [0.3, 0.4) is 0 Å².